The van der Waals surface area contributed by atoms with Crippen molar-refractivity contribution >= 4 is 5.91 Å². The fourth-order valence-corrected chi connectivity index (χ4v) is 2.42. The minimum atomic E-state index is 0.304. The number of hydrogen-bond acceptors (Lipinski definition) is 2. The van der Waals surface area contributed by atoms with Gasteiger partial charge in [-0.3, -0.25) is 4.79 Å². The average molecular weight is 210 g/mol. The van der Waals surface area contributed by atoms with Crippen LogP contribution in [0.4, 0.5) is 0 Å². The van der Waals surface area contributed by atoms with Gasteiger partial charge in [-0.05, 0) is 31.6 Å². The number of likely N-dealkylation sites (tertiary alicyclic amines) is 1. The van der Waals surface area contributed by atoms with Gasteiger partial charge in [0, 0.05) is 18.6 Å². The highest BCUT2D eigenvalue weighted by Gasteiger charge is 2.31. The maximum atomic E-state index is 12.0. The van der Waals surface area contributed by atoms with Gasteiger partial charge >= 0.3 is 0 Å². The number of rotatable bonds is 4. The van der Waals surface area contributed by atoms with Gasteiger partial charge in [0.25, 0.3) is 0 Å². The average Bonchev–Trinajstić information content (AvgIpc) is 2.88. The molecule has 0 aromatic heterocycles. The predicted octanol–water partition coefficient (Wildman–Crippen LogP) is 1.39. The van der Waals surface area contributed by atoms with E-state index < -0.39 is 0 Å². The van der Waals surface area contributed by atoms with Crippen molar-refractivity contribution in [3.63, 3.8) is 0 Å². The van der Waals surface area contributed by atoms with Crippen molar-refractivity contribution in [2.75, 3.05) is 13.1 Å². The number of nitrogens with one attached hydrogen (secondary N) is 1. The summed E-state index contributed by atoms with van der Waals surface area (Å²) >= 11 is 0. The fraction of sp³-hybridized carbons (Fsp3) is 0.917. The lowest BCUT2D eigenvalue weighted by atomic mass is 10.0. The molecule has 2 rings (SSSR count). The first-order valence-corrected chi connectivity index (χ1v) is 6.21. The van der Waals surface area contributed by atoms with Gasteiger partial charge in [-0.25, -0.2) is 0 Å². The number of carbonyl (C=O) groups excluding carboxylic acids is 1. The van der Waals surface area contributed by atoms with Crippen molar-refractivity contribution in [1.29, 1.82) is 0 Å². The second-order valence-corrected chi connectivity index (χ2v) is 5.20. The maximum Gasteiger partial charge on any atom is 0.236 e. The van der Waals surface area contributed by atoms with E-state index in [0.717, 1.165) is 6.54 Å². The summed E-state index contributed by atoms with van der Waals surface area (Å²) in [5.41, 5.74) is 0. The molecule has 15 heavy (non-hydrogen) atoms. The van der Waals surface area contributed by atoms with E-state index in [0.29, 0.717) is 30.5 Å². The van der Waals surface area contributed by atoms with E-state index >= 15 is 0 Å². The van der Waals surface area contributed by atoms with Crippen LogP contribution in [0.2, 0.25) is 0 Å². The number of hydrogen-bond donors (Lipinski definition) is 1. The third-order valence-electron chi connectivity index (χ3n) is 3.51. The molecule has 1 aliphatic carbocycles. The van der Waals surface area contributed by atoms with Crippen molar-refractivity contribution in [1.82, 2.24) is 10.2 Å². The highest BCUT2D eigenvalue weighted by atomic mass is 16.2. The molecule has 2 fully saturated rings. The molecule has 0 bridgehead atoms. The summed E-state index contributed by atoms with van der Waals surface area (Å²) in [7, 11) is 0. The molecule has 1 unspecified atom stereocenters. The molecule has 3 heteroatoms. The topological polar surface area (TPSA) is 32.3 Å². The smallest absolute Gasteiger partial charge is 0.236 e. The molecule has 0 aromatic carbocycles. The van der Waals surface area contributed by atoms with Crippen LogP contribution in [0, 0.1) is 5.92 Å². The van der Waals surface area contributed by atoms with E-state index in [9.17, 15) is 4.79 Å². The van der Waals surface area contributed by atoms with Gasteiger partial charge in [0.15, 0.2) is 0 Å². The molecule has 0 spiro atoms. The van der Waals surface area contributed by atoms with Gasteiger partial charge in [0.1, 0.15) is 0 Å². The van der Waals surface area contributed by atoms with Gasteiger partial charge in [0.05, 0.1) is 6.54 Å². The molecule has 1 aliphatic heterocycles. The Bertz CT molecular complexity index is 236. The lowest BCUT2D eigenvalue weighted by Crippen LogP contribution is -2.43. The molecule has 1 heterocycles. The van der Waals surface area contributed by atoms with Crippen LogP contribution in [-0.4, -0.2) is 36.0 Å². The first-order chi connectivity index (χ1) is 7.18. The van der Waals surface area contributed by atoms with Crippen molar-refractivity contribution in [2.45, 2.75) is 51.6 Å². The van der Waals surface area contributed by atoms with Crippen molar-refractivity contribution in [3.8, 4) is 0 Å². The molecular weight excluding hydrogens is 188 g/mol. The van der Waals surface area contributed by atoms with E-state index in [1.54, 1.807) is 0 Å². The Hall–Kier alpha value is -0.570. The van der Waals surface area contributed by atoms with E-state index in [1.165, 1.54) is 25.7 Å². The van der Waals surface area contributed by atoms with Crippen LogP contribution in [0.5, 0.6) is 0 Å². The Labute approximate surface area is 92.2 Å². The largest absolute Gasteiger partial charge is 0.338 e. The van der Waals surface area contributed by atoms with Crippen molar-refractivity contribution in [3.05, 3.63) is 0 Å². The Morgan fingerprint density at radius 2 is 2.13 bits per heavy atom. The minimum absolute atomic E-state index is 0.304. The molecule has 1 amide bonds. The van der Waals surface area contributed by atoms with E-state index in [4.69, 9.17) is 0 Å². The normalized spacial score (nSPS) is 26.3. The number of amides is 1. The zero-order valence-electron chi connectivity index (χ0n) is 9.83. The first kappa shape index (κ1) is 10.9. The molecule has 1 saturated carbocycles. The van der Waals surface area contributed by atoms with Gasteiger partial charge in [-0.15, -0.1) is 0 Å². The van der Waals surface area contributed by atoms with Gasteiger partial charge < -0.3 is 10.2 Å². The zero-order chi connectivity index (χ0) is 10.8. The maximum absolute atomic E-state index is 12.0. The third-order valence-corrected chi connectivity index (χ3v) is 3.51. The molecule has 1 N–H and O–H groups in total. The SMILES string of the molecule is CC(C)C1CCCN1C(=O)CNC1CC1. The number of carbonyl (C=O) groups is 1. The highest BCUT2D eigenvalue weighted by Crippen LogP contribution is 2.24. The molecule has 0 aromatic rings. The van der Waals surface area contributed by atoms with Crippen LogP contribution >= 0.6 is 0 Å². The minimum Gasteiger partial charge on any atom is -0.338 e. The molecule has 2 aliphatic rings. The highest BCUT2D eigenvalue weighted by molar-refractivity contribution is 5.79. The zero-order valence-corrected chi connectivity index (χ0v) is 9.83. The van der Waals surface area contributed by atoms with Crippen molar-refractivity contribution < 1.29 is 4.79 Å². The summed E-state index contributed by atoms with van der Waals surface area (Å²) in [4.78, 5) is 14.0. The fourth-order valence-electron chi connectivity index (χ4n) is 2.42. The second-order valence-electron chi connectivity index (χ2n) is 5.20. The Kier molecular flexibility index (Phi) is 3.29. The van der Waals surface area contributed by atoms with Crippen LogP contribution in [-0.2, 0) is 4.79 Å². The molecular formula is C12H22N2O. The lowest BCUT2D eigenvalue weighted by Gasteiger charge is -2.27. The van der Waals surface area contributed by atoms with Crippen LogP contribution in [0.3, 0.4) is 0 Å². The van der Waals surface area contributed by atoms with Crippen LogP contribution < -0.4 is 5.32 Å². The van der Waals surface area contributed by atoms with Gasteiger partial charge in [-0.1, -0.05) is 13.8 Å². The molecule has 86 valence electrons. The van der Waals surface area contributed by atoms with Crippen LogP contribution in [0.15, 0.2) is 0 Å². The second kappa shape index (κ2) is 4.52. The lowest BCUT2D eigenvalue weighted by molar-refractivity contribution is -0.131. The predicted molar refractivity (Wildman–Crippen MR) is 60.6 cm³/mol. The van der Waals surface area contributed by atoms with Gasteiger partial charge in [0.2, 0.25) is 5.91 Å². The van der Waals surface area contributed by atoms with Crippen molar-refractivity contribution in [2.24, 2.45) is 5.92 Å². The monoisotopic (exact) mass is 210 g/mol. The van der Waals surface area contributed by atoms with E-state index in [-0.39, 0.29) is 0 Å². The summed E-state index contributed by atoms with van der Waals surface area (Å²) in [6.45, 7) is 5.94. The summed E-state index contributed by atoms with van der Waals surface area (Å²) in [6, 6.07) is 1.12. The molecule has 3 nitrogen and oxygen atoms in total. The standard InChI is InChI=1S/C12H22N2O/c1-9(2)11-4-3-7-14(11)12(15)8-13-10-5-6-10/h9-11,13H,3-8H2,1-2H3. The van der Waals surface area contributed by atoms with E-state index in [1.807, 2.05) is 0 Å². The third kappa shape index (κ3) is 2.71. The van der Waals surface area contributed by atoms with Gasteiger partial charge in [-0.2, -0.15) is 0 Å². The summed E-state index contributed by atoms with van der Waals surface area (Å²) in [5, 5.41) is 3.30. The Morgan fingerprint density at radius 1 is 1.40 bits per heavy atom. The molecule has 1 atom stereocenters. The first-order valence-electron chi connectivity index (χ1n) is 6.21. The van der Waals surface area contributed by atoms with Crippen LogP contribution in [0.1, 0.15) is 39.5 Å². The number of nitrogens with zero attached hydrogens (tertiary/aromatic N) is 1. The Morgan fingerprint density at radius 3 is 2.73 bits per heavy atom. The summed E-state index contributed by atoms with van der Waals surface area (Å²) in [5.74, 6) is 0.899. The summed E-state index contributed by atoms with van der Waals surface area (Å²) in [6.07, 6.45) is 4.87. The molecule has 0 radical (unpaired) electrons. The molecule has 1 saturated heterocycles. The van der Waals surface area contributed by atoms with E-state index in [2.05, 4.69) is 24.1 Å². The Balaban J connectivity index is 1.81. The quantitative estimate of drug-likeness (QED) is 0.760. The van der Waals surface area contributed by atoms with Crippen LogP contribution in [0.25, 0.3) is 0 Å². The summed E-state index contributed by atoms with van der Waals surface area (Å²) < 4.78 is 0.